The van der Waals surface area contributed by atoms with Crippen LogP contribution in [0.2, 0.25) is 0 Å². The minimum atomic E-state index is -2.93. The number of carbonyl (C=O) groups is 1. The van der Waals surface area contributed by atoms with Crippen molar-refractivity contribution in [3.63, 3.8) is 0 Å². The molecule has 0 unspecified atom stereocenters. The van der Waals surface area contributed by atoms with Gasteiger partial charge in [-0.25, -0.2) is 17.6 Å². The fraction of sp³-hybridized carbons (Fsp3) is 0.300. The average molecular weight is 220 g/mol. The Morgan fingerprint density at radius 3 is 1.73 bits per heavy atom. The molecular formula is C10H8F4O. The second kappa shape index (κ2) is 4.42. The number of halogens is 4. The summed E-state index contributed by atoms with van der Waals surface area (Å²) >= 11 is 0. The lowest BCUT2D eigenvalue weighted by molar-refractivity contribution is 0.0981. The van der Waals surface area contributed by atoms with Crippen LogP contribution in [0.1, 0.15) is 41.3 Å². The molecule has 1 aromatic carbocycles. The number of rotatable bonds is 3. The van der Waals surface area contributed by atoms with Crippen LogP contribution in [0, 0.1) is 0 Å². The van der Waals surface area contributed by atoms with E-state index >= 15 is 0 Å². The summed E-state index contributed by atoms with van der Waals surface area (Å²) in [5.41, 5.74) is -1.84. The number of ketones is 1. The molecule has 0 aliphatic heterocycles. The van der Waals surface area contributed by atoms with Gasteiger partial charge in [0.05, 0.1) is 0 Å². The van der Waals surface area contributed by atoms with Gasteiger partial charge in [-0.1, -0.05) is 18.2 Å². The molecule has 0 aromatic heterocycles. The van der Waals surface area contributed by atoms with E-state index in [0.717, 1.165) is 25.1 Å². The molecule has 1 aromatic rings. The Kier molecular flexibility index (Phi) is 3.44. The van der Waals surface area contributed by atoms with Gasteiger partial charge in [0.1, 0.15) is 0 Å². The summed E-state index contributed by atoms with van der Waals surface area (Å²) in [6, 6.07) is 3.05. The molecule has 15 heavy (non-hydrogen) atoms. The second-order valence-electron chi connectivity index (χ2n) is 2.97. The maximum atomic E-state index is 12.4. The standard InChI is InChI=1S/C10H8F4O/c1-5(15)8-6(9(11)12)3-2-4-7(8)10(13)14/h2-4,9-10H,1H3. The molecule has 1 rings (SSSR count). The first-order chi connectivity index (χ1) is 6.95. The Morgan fingerprint density at radius 1 is 1.07 bits per heavy atom. The van der Waals surface area contributed by atoms with Crippen LogP contribution >= 0.6 is 0 Å². The molecule has 0 N–H and O–H groups in total. The first kappa shape index (κ1) is 11.7. The third-order valence-electron chi connectivity index (χ3n) is 1.95. The monoisotopic (exact) mass is 220 g/mol. The first-order valence-corrected chi connectivity index (χ1v) is 4.15. The minimum Gasteiger partial charge on any atom is -0.294 e. The third-order valence-corrected chi connectivity index (χ3v) is 1.95. The molecular weight excluding hydrogens is 212 g/mol. The van der Waals surface area contributed by atoms with Crippen molar-refractivity contribution in [1.82, 2.24) is 0 Å². The summed E-state index contributed by atoms with van der Waals surface area (Å²) in [6.07, 6.45) is -5.86. The van der Waals surface area contributed by atoms with E-state index in [1.54, 1.807) is 0 Å². The highest BCUT2D eigenvalue weighted by Crippen LogP contribution is 2.31. The Hall–Kier alpha value is -1.39. The van der Waals surface area contributed by atoms with Crippen LogP contribution in [0.3, 0.4) is 0 Å². The second-order valence-corrected chi connectivity index (χ2v) is 2.97. The normalized spacial score (nSPS) is 11.1. The van der Waals surface area contributed by atoms with Crippen molar-refractivity contribution in [2.75, 3.05) is 0 Å². The maximum Gasteiger partial charge on any atom is 0.264 e. The van der Waals surface area contributed by atoms with E-state index in [4.69, 9.17) is 0 Å². The highest BCUT2D eigenvalue weighted by atomic mass is 19.3. The van der Waals surface area contributed by atoms with Gasteiger partial charge in [-0.05, 0) is 6.92 Å². The molecule has 0 saturated carbocycles. The molecule has 0 aliphatic rings. The van der Waals surface area contributed by atoms with E-state index in [1.165, 1.54) is 0 Å². The first-order valence-electron chi connectivity index (χ1n) is 4.15. The Labute approximate surface area is 83.7 Å². The van der Waals surface area contributed by atoms with Crippen LogP contribution in [-0.2, 0) is 0 Å². The van der Waals surface area contributed by atoms with E-state index < -0.39 is 35.3 Å². The lowest BCUT2D eigenvalue weighted by Gasteiger charge is -2.10. The zero-order valence-corrected chi connectivity index (χ0v) is 7.81. The van der Waals surface area contributed by atoms with Crippen molar-refractivity contribution >= 4 is 5.78 Å². The highest BCUT2D eigenvalue weighted by molar-refractivity contribution is 5.97. The largest absolute Gasteiger partial charge is 0.294 e. The van der Waals surface area contributed by atoms with Crippen LogP contribution in [0.15, 0.2) is 18.2 Å². The van der Waals surface area contributed by atoms with E-state index in [-0.39, 0.29) is 0 Å². The number of hydrogen-bond acceptors (Lipinski definition) is 1. The maximum absolute atomic E-state index is 12.4. The molecule has 0 atom stereocenters. The molecule has 0 amide bonds. The van der Waals surface area contributed by atoms with Crippen molar-refractivity contribution in [3.05, 3.63) is 34.9 Å². The molecule has 0 bridgehead atoms. The topological polar surface area (TPSA) is 17.1 Å². The van der Waals surface area contributed by atoms with Gasteiger partial charge in [-0.15, -0.1) is 0 Å². The summed E-state index contributed by atoms with van der Waals surface area (Å²) in [5, 5.41) is 0. The van der Waals surface area contributed by atoms with Crippen molar-refractivity contribution in [2.45, 2.75) is 19.8 Å². The minimum absolute atomic E-state index is 0.567. The number of benzene rings is 1. The fourth-order valence-corrected chi connectivity index (χ4v) is 1.36. The van der Waals surface area contributed by atoms with Crippen molar-refractivity contribution in [3.8, 4) is 0 Å². The lowest BCUT2D eigenvalue weighted by Crippen LogP contribution is -2.05. The summed E-state index contributed by atoms with van der Waals surface area (Å²) < 4.78 is 49.7. The summed E-state index contributed by atoms with van der Waals surface area (Å²) in [7, 11) is 0. The Balaban J connectivity index is 3.42. The molecule has 0 saturated heterocycles. The average Bonchev–Trinajstić information content (AvgIpc) is 2.16. The molecule has 0 heterocycles. The van der Waals surface area contributed by atoms with Crippen molar-refractivity contribution in [1.29, 1.82) is 0 Å². The molecule has 5 heteroatoms. The molecule has 0 spiro atoms. The van der Waals surface area contributed by atoms with E-state index in [9.17, 15) is 22.4 Å². The molecule has 0 radical (unpaired) electrons. The van der Waals surface area contributed by atoms with Gasteiger partial charge in [0.25, 0.3) is 12.9 Å². The van der Waals surface area contributed by atoms with Crippen molar-refractivity contribution in [2.24, 2.45) is 0 Å². The third kappa shape index (κ3) is 2.34. The summed E-state index contributed by atoms with van der Waals surface area (Å²) in [5.74, 6) is -0.777. The predicted octanol–water partition coefficient (Wildman–Crippen LogP) is 3.76. The fourth-order valence-electron chi connectivity index (χ4n) is 1.36. The zero-order chi connectivity index (χ0) is 11.6. The van der Waals surface area contributed by atoms with Crippen LogP contribution in [0.25, 0.3) is 0 Å². The van der Waals surface area contributed by atoms with E-state index in [2.05, 4.69) is 0 Å². The van der Waals surface area contributed by atoms with Gasteiger partial charge in [0.15, 0.2) is 5.78 Å². The summed E-state index contributed by atoms with van der Waals surface area (Å²) in [4.78, 5) is 11.0. The van der Waals surface area contributed by atoms with Crippen LogP contribution in [0.5, 0.6) is 0 Å². The quantitative estimate of drug-likeness (QED) is 0.559. The van der Waals surface area contributed by atoms with Gasteiger partial charge < -0.3 is 0 Å². The molecule has 1 nitrogen and oxygen atoms in total. The number of carbonyl (C=O) groups excluding carboxylic acids is 1. The van der Waals surface area contributed by atoms with Gasteiger partial charge in [0, 0.05) is 16.7 Å². The number of Topliss-reactive ketones (excluding diaryl/α,β-unsaturated/α-hetero) is 1. The smallest absolute Gasteiger partial charge is 0.264 e. The summed E-state index contributed by atoms with van der Waals surface area (Å²) in [6.45, 7) is 0.993. The van der Waals surface area contributed by atoms with E-state index in [1.807, 2.05) is 0 Å². The van der Waals surface area contributed by atoms with Crippen LogP contribution in [-0.4, -0.2) is 5.78 Å². The Morgan fingerprint density at radius 2 is 1.47 bits per heavy atom. The molecule has 0 aliphatic carbocycles. The van der Waals surface area contributed by atoms with Gasteiger partial charge >= 0.3 is 0 Å². The lowest BCUT2D eigenvalue weighted by atomic mass is 9.98. The number of hydrogen-bond donors (Lipinski definition) is 0. The number of alkyl halides is 4. The van der Waals surface area contributed by atoms with Gasteiger partial charge in [-0.3, -0.25) is 4.79 Å². The highest BCUT2D eigenvalue weighted by Gasteiger charge is 2.23. The van der Waals surface area contributed by atoms with Gasteiger partial charge in [-0.2, -0.15) is 0 Å². The van der Waals surface area contributed by atoms with Crippen LogP contribution in [0.4, 0.5) is 17.6 Å². The predicted molar refractivity (Wildman–Crippen MR) is 46.4 cm³/mol. The zero-order valence-electron chi connectivity index (χ0n) is 7.81. The molecule has 82 valence electrons. The molecule has 0 fully saturated rings. The Bertz CT molecular complexity index is 347. The van der Waals surface area contributed by atoms with Crippen LogP contribution < -0.4 is 0 Å². The van der Waals surface area contributed by atoms with E-state index in [0.29, 0.717) is 0 Å². The SMILES string of the molecule is CC(=O)c1c(C(F)F)cccc1C(F)F. The van der Waals surface area contributed by atoms with Gasteiger partial charge in [0.2, 0.25) is 0 Å². The van der Waals surface area contributed by atoms with Crippen molar-refractivity contribution < 1.29 is 22.4 Å².